The summed E-state index contributed by atoms with van der Waals surface area (Å²) in [6.45, 7) is 2.96. The Balaban J connectivity index is 1.91. The fourth-order valence-corrected chi connectivity index (χ4v) is 2.45. The number of pyridine rings is 1. The van der Waals surface area contributed by atoms with Crippen LogP contribution >= 0.6 is 0 Å². The van der Waals surface area contributed by atoms with Gasteiger partial charge in [0, 0.05) is 32.3 Å². The van der Waals surface area contributed by atoms with Gasteiger partial charge in [-0.2, -0.15) is 10.4 Å². The largest absolute Gasteiger partial charge is 0.353 e. The van der Waals surface area contributed by atoms with Gasteiger partial charge in [-0.25, -0.2) is 4.98 Å². The fourth-order valence-electron chi connectivity index (χ4n) is 2.45. The minimum absolute atomic E-state index is 0.0633. The minimum atomic E-state index is -0.159. The van der Waals surface area contributed by atoms with E-state index in [1.807, 2.05) is 0 Å². The molecule has 1 aliphatic rings. The maximum atomic E-state index is 11.0. The molecule has 7 nitrogen and oxygen atoms in total. The van der Waals surface area contributed by atoms with Crippen molar-refractivity contribution in [1.29, 1.82) is 5.26 Å². The van der Waals surface area contributed by atoms with E-state index in [0.29, 0.717) is 12.4 Å². The maximum absolute atomic E-state index is 11.0. The molecule has 1 saturated heterocycles. The van der Waals surface area contributed by atoms with Gasteiger partial charge in [0.05, 0.1) is 22.9 Å². The molecule has 1 amide bonds. The predicted molar refractivity (Wildman–Crippen MR) is 74.1 cm³/mol. The first-order chi connectivity index (χ1) is 9.67. The van der Waals surface area contributed by atoms with Gasteiger partial charge in [-0.1, -0.05) is 0 Å². The first-order valence-electron chi connectivity index (χ1n) is 6.43. The zero-order valence-corrected chi connectivity index (χ0v) is 11.1. The van der Waals surface area contributed by atoms with E-state index in [1.54, 1.807) is 12.3 Å². The van der Waals surface area contributed by atoms with E-state index in [1.165, 1.54) is 6.92 Å². The number of nitrogens with zero attached hydrogens (tertiary/aromatic N) is 4. The molecule has 0 radical (unpaired) electrons. The second-order valence-electron chi connectivity index (χ2n) is 4.90. The van der Waals surface area contributed by atoms with Crippen LogP contribution in [0.3, 0.4) is 0 Å². The molecule has 1 fully saturated rings. The molecule has 0 saturated carbocycles. The number of rotatable bonds is 2. The molecule has 0 spiro atoms. The summed E-state index contributed by atoms with van der Waals surface area (Å²) in [7, 11) is 0. The zero-order chi connectivity index (χ0) is 14.1. The van der Waals surface area contributed by atoms with E-state index in [2.05, 4.69) is 31.5 Å². The van der Waals surface area contributed by atoms with Gasteiger partial charge in [0.25, 0.3) is 0 Å². The van der Waals surface area contributed by atoms with Crippen LogP contribution in [0.25, 0.3) is 10.9 Å². The number of hydrogen-bond acceptors (Lipinski definition) is 5. The standard InChI is InChI=1S/C13H14N6O/c1-8(20)16-12-4-11-10(6-15-12)13(18-17-11)19-3-2-9(5-14)7-19/h4,6,9H,2-3,7H2,1H3,(H,17,18)(H,15,16,20). The lowest BCUT2D eigenvalue weighted by atomic mass is 10.1. The summed E-state index contributed by atoms with van der Waals surface area (Å²) in [5.74, 6) is 1.22. The van der Waals surface area contributed by atoms with Gasteiger partial charge in [-0.15, -0.1) is 0 Å². The van der Waals surface area contributed by atoms with Crippen molar-refractivity contribution in [3.63, 3.8) is 0 Å². The number of hydrogen-bond donors (Lipinski definition) is 2. The lowest BCUT2D eigenvalue weighted by Crippen LogP contribution is -2.19. The molecule has 1 aliphatic heterocycles. The lowest BCUT2D eigenvalue weighted by molar-refractivity contribution is -0.114. The summed E-state index contributed by atoms with van der Waals surface area (Å²) in [6.07, 6.45) is 2.56. The maximum Gasteiger partial charge on any atom is 0.222 e. The van der Waals surface area contributed by atoms with E-state index >= 15 is 0 Å². The van der Waals surface area contributed by atoms with Crippen molar-refractivity contribution in [1.82, 2.24) is 15.2 Å². The van der Waals surface area contributed by atoms with Gasteiger partial charge in [-0.3, -0.25) is 9.89 Å². The molecule has 2 aromatic heterocycles. The van der Waals surface area contributed by atoms with Gasteiger partial charge < -0.3 is 10.2 Å². The molecule has 102 valence electrons. The smallest absolute Gasteiger partial charge is 0.222 e. The number of carbonyl (C=O) groups excluding carboxylic acids is 1. The van der Waals surface area contributed by atoms with E-state index in [9.17, 15) is 4.79 Å². The van der Waals surface area contributed by atoms with Crippen LogP contribution in [0.5, 0.6) is 0 Å². The number of carbonyl (C=O) groups is 1. The first-order valence-corrected chi connectivity index (χ1v) is 6.43. The Kier molecular flexibility index (Phi) is 2.99. The third-order valence-corrected chi connectivity index (χ3v) is 3.40. The number of aromatic amines is 1. The number of fused-ring (bicyclic) bond motifs is 1. The van der Waals surface area contributed by atoms with E-state index in [-0.39, 0.29) is 11.8 Å². The van der Waals surface area contributed by atoms with Crippen molar-refractivity contribution >= 4 is 28.4 Å². The summed E-state index contributed by atoms with van der Waals surface area (Å²) in [6, 6.07) is 4.05. The highest BCUT2D eigenvalue weighted by Crippen LogP contribution is 2.29. The van der Waals surface area contributed by atoms with Crippen LogP contribution in [-0.4, -0.2) is 34.2 Å². The number of nitrogens with one attached hydrogen (secondary N) is 2. The molecule has 1 atom stereocenters. The Labute approximate surface area is 115 Å². The molecule has 3 rings (SSSR count). The predicted octanol–water partition coefficient (Wildman–Crippen LogP) is 1.27. The summed E-state index contributed by atoms with van der Waals surface area (Å²) in [4.78, 5) is 17.3. The number of amides is 1. The average molecular weight is 270 g/mol. The van der Waals surface area contributed by atoms with Gasteiger partial charge in [0.2, 0.25) is 5.91 Å². The third-order valence-electron chi connectivity index (χ3n) is 3.40. The quantitative estimate of drug-likeness (QED) is 0.856. The highest BCUT2D eigenvalue weighted by atomic mass is 16.1. The number of anilines is 2. The normalized spacial score (nSPS) is 18.2. The summed E-state index contributed by atoms with van der Waals surface area (Å²) in [5, 5.41) is 19.7. The van der Waals surface area contributed by atoms with Crippen molar-refractivity contribution < 1.29 is 4.79 Å². The van der Waals surface area contributed by atoms with Gasteiger partial charge in [0.1, 0.15) is 5.82 Å². The van der Waals surface area contributed by atoms with Crippen LogP contribution in [-0.2, 0) is 4.79 Å². The van der Waals surface area contributed by atoms with Crippen LogP contribution in [0.1, 0.15) is 13.3 Å². The van der Waals surface area contributed by atoms with Crippen molar-refractivity contribution in [2.75, 3.05) is 23.3 Å². The summed E-state index contributed by atoms with van der Waals surface area (Å²) < 4.78 is 0. The molecular formula is C13H14N6O. The molecular weight excluding hydrogens is 256 g/mol. The van der Waals surface area contributed by atoms with Crippen molar-refractivity contribution in [3.8, 4) is 6.07 Å². The molecule has 0 bridgehead atoms. The molecule has 20 heavy (non-hydrogen) atoms. The van der Waals surface area contributed by atoms with Gasteiger partial charge in [0.15, 0.2) is 5.82 Å². The van der Waals surface area contributed by atoms with Crippen molar-refractivity contribution in [2.24, 2.45) is 5.92 Å². The third kappa shape index (κ3) is 2.16. The second kappa shape index (κ2) is 4.81. The van der Waals surface area contributed by atoms with Crippen LogP contribution in [0.2, 0.25) is 0 Å². The Hall–Kier alpha value is -2.62. The highest BCUT2D eigenvalue weighted by molar-refractivity contribution is 5.94. The number of aromatic nitrogens is 3. The van der Waals surface area contributed by atoms with E-state index < -0.39 is 0 Å². The van der Waals surface area contributed by atoms with Gasteiger partial charge in [-0.05, 0) is 6.42 Å². The van der Waals surface area contributed by atoms with E-state index in [0.717, 1.165) is 29.7 Å². The molecule has 7 heteroatoms. The Morgan fingerprint density at radius 1 is 1.65 bits per heavy atom. The minimum Gasteiger partial charge on any atom is -0.353 e. The van der Waals surface area contributed by atoms with Crippen LogP contribution in [0, 0.1) is 17.2 Å². The molecule has 0 aromatic carbocycles. The zero-order valence-electron chi connectivity index (χ0n) is 11.1. The lowest BCUT2D eigenvalue weighted by Gasteiger charge is -2.14. The Morgan fingerprint density at radius 3 is 3.20 bits per heavy atom. The molecule has 2 N–H and O–H groups in total. The monoisotopic (exact) mass is 270 g/mol. The second-order valence-corrected chi connectivity index (χ2v) is 4.90. The number of nitriles is 1. The number of H-pyrrole nitrogens is 1. The molecule has 3 heterocycles. The SMILES string of the molecule is CC(=O)Nc1cc2[nH]nc(N3CCC(C#N)C3)c2cn1. The van der Waals surface area contributed by atoms with Crippen LogP contribution < -0.4 is 10.2 Å². The summed E-state index contributed by atoms with van der Waals surface area (Å²) in [5.41, 5.74) is 0.819. The topological polar surface area (TPSA) is 97.7 Å². The summed E-state index contributed by atoms with van der Waals surface area (Å²) >= 11 is 0. The van der Waals surface area contributed by atoms with Crippen LogP contribution in [0.15, 0.2) is 12.3 Å². The Morgan fingerprint density at radius 2 is 2.50 bits per heavy atom. The Bertz CT molecular complexity index is 700. The van der Waals surface area contributed by atoms with Crippen molar-refractivity contribution in [3.05, 3.63) is 12.3 Å². The highest BCUT2D eigenvalue weighted by Gasteiger charge is 2.25. The average Bonchev–Trinajstić information content (AvgIpc) is 3.02. The van der Waals surface area contributed by atoms with Crippen LogP contribution in [0.4, 0.5) is 11.6 Å². The molecule has 0 aliphatic carbocycles. The van der Waals surface area contributed by atoms with Gasteiger partial charge >= 0.3 is 0 Å². The molecule has 2 aromatic rings. The van der Waals surface area contributed by atoms with Crippen molar-refractivity contribution in [2.45, 2.75) is 13.3 Å². The first kappa shape index (κ1) is 12.4. The molecule has 1 unspecified atom stereocenters. The van der Waals surface area contributed by atoms with E-state index in [4.69, 9.17) is 5.26 Å². The fraction of sp³-hybridized carbons (Fsp3) is 0.385.